The van der Waals surface area contributed by atoms with E-state index in [9.17, 15) is 10.2 Å². The van der Waals surface area contributed by atoms with Crippen LogP contribution in [0.15, 0.2) is 77.3 Å². The standard InChI is InChI=1S/C29H29BrN2O2/c30-24-10-5-11-25-27(24)23-17-29(34)19-32(14-12-20-6-2-1-3-7-20)15-13-28(29,18-26(23)31-25)21-8-4-9-22(33)16-21/h1-11,16,31,33-34H,12-15,17-19H2/t28-,29-/m0/s1. The first-order valence-corrected chi connectivity index (χ1v) is 12.8. The summed E-state index contributed by atoms with van der Waals surface area (Å²) in [7, 11) is 0. The smallest absolute Gasteiger partial charge is 0.115 e. The highest BCUT2D eigenvalue weighted by Gasteiger charge is 2.57. The number of aromatic nitrogens is 1. The van der Waals surface area contributed by atoms with Crippen LogP contribution in [0.3, 0.4) is 0 Å². The summed E-state index contributed by atoms with van der Waals surface area (Å²) in [5, 5.41) is 24.0. The zero-order valence-corrected chi connectivity index (χ0v) is 20.7. The summed E-state index contributed by atoms with van der Waals surface area (Å²) in [6.45, 7) is 2.46. The number of fused-ring (bicyclic) bond motifs is 4. The third-order valence-corrected chi connectivity index (χ3v) is 8.76. The molecular weight excluding hydrogens is 488 g/mol. The predicted molar refractivity (Wildman–Crippen MR) is 139 cm³/mol. The number of aliphatic hydroxyl groups is 1. The summed E-state index contributed by atoms with van der Waals surface area (Å²) in [5.74, 6) is 0.255. The van der Waals surface area contributed by atoms with E-state index in [2.05, 4.69) is 74.3 Å². The maximum atomic E-state index is 12.5. The number of phenolic OH excluding ortho intramolecular Hbond substituents is 1. The van der Waals surface area contributed by atoms with Crippen LogP contribution >= 0.6 is 15.9 Å². The average Bonchev–Trinajstić information content (AvgIpc) is 3.19. The summed E-state index contributed by atoms with van der Waals surface area (Å²) in [4.78, 5) is 6.08. The number of aromatic amines is 1. The molecule has 0 unspecified atom stereocenters. The lowest BCUT2D eigenvalue weighted by molar-refractivity contribution is -0.102. The van der Waals surface area contributed by atoms with Crippen molar-refractivity contribution >= 4 is 26.8 Å². The Labute approximate surface area is 208 Å². The number of likely N-dealkylation sites (tertiary alicyclic amines) is 1. The molecule has 2 atom stereocenters. The van der Waals surface area contributed by atoms with Gasteiger partial charge < -0.3 is 20.1 Å². The molecule has 1 aliphatic carbocycles. The minimum absolute atomic E-state index is 0.255. The number of hydrogen-bond donors (Lipinski definition) is 3. The molecule has 2 heterocycles. The van der Waals surface area contributed by atoms with Crippen molar-refractivity contribution in [3.05, 3.63) is 99.7 Å². The third-order valence-electron chi connectivity index (χ3n) is 8.10. The maximum absolute atomic E-state index is 12.5. The van der Waals surface area contributed by atoms with Crippen LogP contribution in [-0.2, 0) is 24.7 Å². The maximum Gasteiger partial charge on any atom is 0.115 e. The number of phenols is 1. The highest BCUT2D eigenvalue weighted by molar-refractivity contribution is 9.10. The molecule has 174 valence electrons. The van der Waals surface area contributed by atoms with Crippen LogP contribution in [0, 0.1) is 0 Å². The van der Waals surface area contributed by atoms with E-state index >= 15 is 0 Å². The van der Waals surface area contributed by atoms with Crippen molar-refractivity contribution in [1.82, 2.24) is 9.88 Å². The van der Waals surface area contributed by atoms with Crippen molar-refractivity contribution in [3.8, 4) is 5.75 Å². The SMILES string of the molecule is Oc1cccc([C@@]23CCN(CCc4ccccc4)C[C@@]2(O)Cc2c([nH]c4cccc(Br)c24)C3)c1. The Morgan fingerprint density at radius 2 is 1.79 bits per heavy atom. The Morgan fingerprint density at radius 1 is 0.971 bits per heavy atom. The van der Waals surface area contributed by atoms with Crippen molar-refractivity contribution in [2.24, 2.45) is 0 Å². The minimum atomic E-state index is -0.937. The summed E-state index contributed by atoms with van der Waals surface area (Å²) < 4.78 is 1.06. The van der Waals surface area contributed by atoms with Crippen molar-refractivity contribution in [3.63, 3.8) is 0 Å². The summed E-state index contributed by atoms with van der Waals surface area (Å²) in [6, 6.07) is 24.3. The number of rotatable bonds is 4. The Bertz CT molecular complexity index is 1350. The molecule has 1 aliphatic heterocycles. The normalized spacial score (nSPS) is 24.6. The number of piperidine rings is 1. The molecule has 34 heavy (non-hydrogen) atoms. The van der Waals surface area contributed by atoms with Gasteiger partial charge in [0, 0.05) is 52.4 Å². The lowest BCUT2D eigenvalue weighted by atomic mass is 9.56. The number of nitrogens with one attached hydrogen (secondary N) is 1. The molecular formula is C29H29BrN2O2. The van der Waals surface area contributed by atoms with Gasteiger partial charge in [-0.3, -0.25) is 0 Å². The van der Waals surface area contributed by atoms with Crippen LogP contribution in [0.2, 0.25) is 0 Å². The van der Waals surface area contributed by atoms with E-state index in [1.165, 1.54) is 22.2 Å². The second-order valence-corrected chi connectivity index (χ2v) is 10.9. The lowest BCUT2D eigenvalue weighted by Gasteiger charge is -2.56. The van der Waals surface area contributed by atoms with E-state index in [0.717, 1.165) is 47.9 Å². The Hall–Kier alpha value is -2.60. The summed E-state index contributed by atoms with van der Waals surface area (Å²) in [5.41, 5.74) is 4.49. The van der Waals surface area contributed by atoms with Crippen LogP contribution < -0.4 is 0 Å². The largest absolute Gasteiger partial charge is 0.508 e. The first-order valence-electron chi connectivity index (χ1n) is 12.0. The van der Waals surface area contributed by atoms with Crippen LogP contribution in [-0.4, -0.2) is 45.3 Å². The molecule has 5 heteroatoms. The van der Waals surface area contributed by atoms with E-state index in [4.69, 9.17) is 0 Å². The summed E-state index contributed by atoms with van der Waals surface area (Å²) >= 11 is 3.75. The van der Waals surface area contributed by atoms with Gasteiger partial charge in [-0.05, 0) is 60.3 Å². The first-order chi connectivity index (χ1) is 16.5. The van der Waals surface area contributed by atoms with E-state index in [0.29, 0.717) is 13.0 Å². The van der Waals surface area contributed by atoms with Gasteiger partial charge >= 0.3 is 0 Å². The number of H-pyrrole nitrogens is 1. The number of β-amino-alcohol motifs (C(OH)–C–C–N with tert-alkyl or cyclic N) is 1. The second kappa shape index (κ2) is 8.26. The molecule has 0 spiro atoms. The zero-order chi connectivity index (χ0) is 23.3. The molecule has 1 aromatic heterocycles. The number of hydrogen-bond acceptors (Lipinski definition) is 3. The van der Waals surface area contributed by atoms with Crippen molar-refractivity contribution < 1.29 is 10.2 Å². The van der Waals surface area contributed by atoms with Gasteiger partial charge in [0.1, 0.15) is 5.75 Å². The third kappa shape index (κ3) is 3.49. The Kier molecular flexibility index (Phi) is 5.32. The molecule has 4 aromatic rings. The topological polar surface area (TPSA) is 59.5 Å². The second-order valence-electron chi connectivity index (χ2n) is 10.0. The van der Waals surface area contributed by atoms with E-state index < -0.39 is 11.0 Å². The fraction of sp³-hybridized carbons (Fsp3) is 0.310. The first kappa shape index (κ1) is 21.9. The molecule has 4 nitrogen and oxygen atoms in total. The molecule has 0 amide bonds. The fourth-order valence-electron chi connectivity index (χ4n) is 6.37. The molecule has 1 fully saturated rings. The minimum Gasteiger partial charge on any atom is -0.508 e. The Balaban J connectivity index is 1.41. The molecule has 6 rings (SSSR count). The molecule has 1 saturated heterocycles. The lowest BCUT2D eigenvalue weighted by Crippen LogP contribution is -2.66. The zero-order valence-electron chi connectivity index (χ0n) is 19.1. The number of aromatic hydroxyl groups is 1. The van der Waals surface area contributed by atoms with Crippen LogP contribution in [0.1, 0.15) is 28.8 Å². The van der Waals surface area contributed by atoms with Crippen molar-refractivity contribution in [2.75, 3.05) is 19.6 Å². The molecule has 0 saturated carbocycles. The van der Waals surface area contributed by atoms with E-state index in [1.54, 1.807) is 6.07 Å². The van der Waals surface area contributed by atoms with E-state index in [-0.39, 0.29) is 5.75 Å². The molecule has 3 N–H and O–H groups in total. The van der Waals surface area contributed by atoms with E-state index in [1.807, 2.05) is 18.2 Å². The number of halogens is 1. The summed E-state index contributed by atoms with van der Waals surface area (Å²) in [6.07, 6.45) is 3.13. The van der Waals surface area contributed by atoms with Crippen LogP contribution in [0.25, 0.3) is 10.9 Å². The monoisotopic (exact) mass is 516 g/mol. The van der Waals surface area contributed by atoms with Gasteiger partial charge in [0.05, 0.1) is 5.60 Å². The van der Waals surface area contributed by atoms with Gasteiger partial charge in [-0.2, -0.15) is 0 Å². The van der Waals surface area contributed by atoms with Gasteiger partial charge in [0.25, 0.3) is 0 Å². The van der Waals surface area contributed by atoms with Crippen LogP contribution in [0.5, 0.6) is 5.75 Å². The number of nitrogens with zero attached hydrogens (tertiary/aromatic N) is 1. The van der Waals surface area contributed by atoms with Crippen molar-refractivity contribution in [2.45, 2.75) is 36.7 Å². The predicted octanol–water partition coefficient (Wildman–Crippen LogP) is 5.35. The van der Waals surface area contributed by atoms with Gasteiger partial charge in [-0.1, -0.05) is 64.5 Å². The molecule has 0 bridgehead atoms. The van der Waals surface area contributed by atoms with Crippen LogP contribution in [0.4, 0.5) is 0 Å². The van der Waals surface area contributed by atoms with Gasteiger partial charge in [0.15, 0.2) is 0 Å². The molecule has 2 aliphatic rings. The Morgan fingerprint density at radius 3 is 2.62 bits per heavy atom. The highest BCUT2D eigenvalue weighted by atomic mass is 79.9. The van der Waals surface area contributed by atoms with Gasteiger partial charge in [-0.15, -0.1) is 0 Å². The van der Waals surface area contributed by atoms with Gasteiger partial charge in [0.2, 0.25) is 0 Å². The van der Waals surface area contributed by atoms with Crippen molar-refractivity contribution in [1.29, 1.82) is 0 Å². The highest BCUT2D eigenvalue weighted by Crippen LogP contribution is 2.52. The molecule has 3 aromatic carbocycles. The fourth-order valence-corrected chi connectivity index (χ4v) is 6.97. The average molecular weight is 517 g/mol. The quantitative estimate of drug-likeness (QED) is 0.342. The number of benzene rings is 3. The molecule has 0 radical (unpaired) electrons. The van der Waals surface area contributed by atoms with Gasteiger partial charge in [-0.25, -0.2) is 0 Å².